The zero-order valence-electron chi connectivity index (χ0n) is 13.4. The largest absolute Gasteiger partial charge is 0.465 e. The van der Waals surface area contributed by atoms with Crippen molar-refractivity contribution in [2.45, 2.75) is 6.92 Å². The Morgan fingerprint density at radius 1 is 1.04 bits per heavy atom. The van der Waals surface area contributed by atoms with Crippen molar-refractivity contribution in [3.63, 3.8) is 0 Å². The third kappa shape index (κ3) is 3.06. The summed E-state index contributed by atoms with van der Waals surface area (Å²) in [6.07, 6.45) is 0. The van der Waals surface area contributed by atoms with E-state index < -0.39 is 5.97 Å². The summed E-state index contributed by atoms with van der Waals surface area (Å²) < 4.78 is 10.1. The Balaban J connectivity index is 2.05. The van der Waals surface area contributed by atoms with Crippen molar-refractivity contribution in [1.82, 2.24) is 5.16 Å². The van der Waals surface area contributed by atoms with Gasteiger partial charge >= 0.3 is 5.97 Å². The van der Waals surface area contributed by atoms with Gasteiger partial charge in [-0.1, -0.05) is 59.5 Å². The Labute approximate surface area is 140 Å². The number of carbonyl (C=O) groups excluding carboxylic acids is 1. The van der Waals surface area contributed by atoms with Gasteiger partial charge in [-0.3, -0.25) is 0 Å². The van der Waals surface area contributed by atoms with Gasteiger partial charge in [0.1, 0.15) is 11.5 Å². The number of benzene rings is 2. The molecule has 0 unspecified atom stereocenters. The number of methoxy groups -OCH3 is 1. The second-order valence-corrected chi connectivity index (χ2v) is 5.12. The number of esters is 1. The average Bonchev–Trinajstić information content (AvgIpc) is 3.01. The van der Waals surface area contributed by atoms with Crippen molar-refractivity contribution in [2.75, 3.05) is 7.11 Å². The fourth-order valence-electron chi connectivity index (χ4n) is 2.32. The Morgan fingerprint density at radius 2 is 1.75 bits per heavy atom. The van der Waals surface area contributed by atoms with E-state index in [9.17, 15) is 4.79 Å². The lowest BCUT2D eigenvalue weighted by Gasteiger charge is -2.01. The lowest BCUT2D eigenvalue weighted by Crippen LogP contribution is -2.03. The normalized spacial score (nSPS) is 9.92. The molecule has 2 aromatic carbocycles. The van der Waals surface area contributed by atoms with Gasteiger partial charge in [-0.2, -0.15) is 0 Å². The molecule has 4 heteroatoms. The smallest absolute Gasteiger partial charge is 0.339 e. The maximum atomic E-state index is 11.8. The molecule has 3 aromatic rings. The van der Waals surface area contributed by atoms with E-state index in [1.807, 2.05) is 43.3 Å². The summed E-state index contributed by atoms with van der Waals surface area (Å²) in [6, 6.07) is 16.8. The number of hydrogen-bond acceptors (Lipinski definition) is 4. The molecular weight excluding hydrogens is 302 g/mol. The molecule has 1 aromatic heterocycles. The number of aryl methyl sites for hydroxylation is 1. The first kappa shape index (κ1) is 15.6. The number of nitrogens with zero attached hydrogens (tertiary/aromatic N) is 1. The highest BCUT2D eigenvalue weighted by atomic mass is 16.5. The highest BCUT2D eigenvalue weighted by molar-refractivity contribution is 5.92. The molecule has 1 heterocycles. The number of ether oxygens (including phenoxy) is 1. The van der Waals surface area contributed by atoms with Crippen LogP contribution in [0.5, 0.6) is 0 Å². The Bertz CT molecular complexity index is 930. The first-order chi connectivity index (χ1) is 11.7. The van der Waals surface area contributed by atoms with Crippen LogP contribution in [-0.2, 0) is 4.74 Å². The van der Waals surface area contributed by atoms with E-state index in [1.165, 1.54) is 7.11 Å². The van der Waals surface area contributed by atoms with E-state index in [4.69, 9.17) is 9.26 Å². The van der Waals surface area contributed by atoms with E-state index in [-0.39, 0.29) is 0 Å². The Hall–Kier alpha value is -3.32. The van der Waals surface area contributed by atoms with E-state index in [0.717, 1.165) is 5.56 Å². The van der Waals surface area contributed by atoms with Crippen LogP contribution in [0.3, 0.4) is 0 Å². The number of rotatable bonds is 2. The fourth-order valence-corrected chi connectivity index (χ4v) is 2.32. The predicted octanol–water partition coefficient (Wildman–Crippen LogP) is 3.84. The van der Waals surface area contributed by atoms with Gasteiger partial charge in [0, 0.05) is 11.1 Å². The minimum atomic E-state index is -0.412. The van der Waals surface area contributed by atoms with E-state index in [0.29, 0.717) is 28.1 Å². The summed E-state index contributed by atoms with van der Waals surface area (Å²) in [5, 5.41) is 4.10. The van der Waals surface area contributed by atoms with Crippen molar-refractivity contribution in [3.8, 4) is 23.1 Å². The van der Waals surface area contributed by atoms with Crippen LogP contribution in [0.2, 0.25) is 0 Å². The van der Waals surface area contributed by atoms with Gasteiger partial charge in [0.05, 0.1) is 18.2 Å². The van der Waals surface area contributed by atoms with Crippen molar-refractivity contribution in [1.29, 1.82) is 0 Å². The third-order valence-electron chi connectivity index (χ3n) is 3.56. The second-order valence-electron chi connectivity index (χ2n) is 5.12. The van der Waals surface area contributed by atoms with Crippen molar-refractivity contribution in [2.24, 2.45) is 0 Å². The van der Waals surface area contributed by atoms with Crippen molar-refractivity contribution < 1.29 is 14.1 Å². The standard InChI is InChI=1S/C20H15NO3/c1-14-17(19(21-24-14)16-9-4-3-5-10-16)13-12-15-8-6-7-11-18(15)20(22)23-2/h3-11H,1-2H3. The van der Waals surface area contributed by atoms with E-state index in [1.54, 1.807) is 18.2 Å². The molecule has 118 valence electrons. The van der Waals surface area contributed by atoms with Gasteiger partial charge in [0.2, 0.25) is 0 Å². The van der Waals surface area contributed by atoms with Gasteiger partial charge in [-0.05, 0) is 19.1 Å². The van der Waals surface area contributed by atoms with Crippen LogP contribution < -0.4 is 0 Å². The van der Waals surface area contributed by atoms with Crippen molar-refractivity contribution in [3.05, 3.63) is 77.0 Å². The number of carbonyl (C=O) groups is 1. The average molecular weight is 317 g/mol. The lowest BCUT2D eigenvalue weighted by atomic mass is 10.0. The summed E-state index contributed by atoms with van der Waals surface area (Å²) in [7, 11) is 1.35. The number of aromatic nitrogens is 1. The van der Waals surface area contributed by atoms with Gasteiger partial charge < -0.3 is 9.26 Å². The molecule has 0 radical (unpaired) electrons. The number of hydrogen-bond donors (Lipinski definition) is 0. The highest BCUT2D eigenvalue weighted by Gasteiger charge is 2.13. The van der Waals surface area contributed by atoms with Crippen LogP contribution >= 0.6 is 0 Å². The highest BCUT2D eigenvalue weighted by Crippen LogP contribution is 2.24. The predicted molar refractivity (Wildman–Crippen MR) is 90.4 cm³/mol. The zero-order chi connectivity index (χ0) is 16.9. The van der Waals surface area contributed by atoms with E-state index in [2.05, 4.69) is 17.0 Å². The minimum Gasteiger partial charge on any atom is -0.465 e. The monoisotopic (exact) mass is 317 g/mol. The molecular formula is C20H15NO3. The molecule has 0 spiro atoms. The van der Waals surface area contributed by atoms with Crippen LogP contribution in [0, 0.1) is 18.8 Å². The molecule has 0 atom stereocenters. The maximum absolute atomic E-state index is 11.8. The van der Waals surface area contributed by atoms with Crippen LogP contribution in [0.1, 0.15) is 27.2 Å². The first-order valence-corrected chi connectivity index (χ1v) is 7.41. The zero-order valence-corrected chi connectivity index (χ0v) is 13.4. The molecule has 0 aliphatic rings. The van der Waals surface area contributed by atoms with Gasteiger partial charge in [-0.15, -0.1) is 0 Å². The molecule has 0 aliphatic heterocycles. The molecule has 0 amide bonds. The van der Waals surface area contributed by atoms with Crippen LogP contribution in [0.25, 0.3) is 11.3 Å². The van der Waals surface area contributed by atoms with Gasteiger partial charge in [0.25, 0.3) is 0 Å². The van der Waals surface area contributed by atoms with Gasteiger partial charge in [0.15, 0.2) is 0 Å². The lowest BCUT2D eigenvalue weighted by molar-refractivity contribution is 0.0600. The molecule has 3 rings (SSSR count). The minimum absolute atomic E-state index is 0.412. The maximum Gasteiger partial charge on any atom is 0.339 e. The first-order valence-electron chi connectivity index (χ1n) is 7.41. The molecule has 0 fully saturated rings. The Kier molecular flexibility index (Phi) is 4.44. The molecule has 0 saturated heterocycles. The molecule has 0 aliphatic carbocycles. The van der Waals surface area contributed by atoms with Crippen LogP contribution in [0.15, 0.2) is 59.1 Å². The van der Waals surface area contributed by atoms with Gasteiger partial charge in [-0.25, -0.2) is 4.79 Å². The summed E-state index contributed by atoms with van der Waals surface area (Å²) in [6.45, 7) is 1.82. The summed E-state index contributed by atoms with van der Waals surface area (Å²) >= 11 is 0. The molecule has 24 heavy (non-hydrogen) atoms. The van der Waals surface area contributed by atoms with Crippen LogP contribution in [0.4, 0.5) is 0 Å². The SMILES string of the molecule is COC(=O)c1ccccc1C#Cc1c(-c2ccccc2)noc1C. The fraction of sp³-hybridized carbons (Fsp3) is 0.100. The molecule has 0 N–H and O–H groups in total. The molecule has 4 nitrogen and oxygen atoms in total. The summed E-state index contributed by atoms with van der Waals surface area (Å²) in [5.41, 5.74) is 3.36. The third-order valence-corrected chi connectivity index (χ3v) is 3.56. The van der Waals surface area contributed by atoms with Crippen LogP contribution in [-0.4, -0.2) is 18.2 Å². The summed E-state index contributed by atoms with van der Waals surface area (Å²) in [5.74, 6) is 6.34. The Morgan fingerprint density at radius 3 is 2.50 bits per heavy atom. The summed E-state index contributed by atoms with van der Waals surface area (Å²) in [4.78, 5) is 11.8. The topological polar surface area (TPSA) is 52.3 Å². The molecule has 0 saturated carbocycles. The van der Waals surface area contributed by atoms with E-state index >= 15 is 0 Å². The quantitative estimate of drug-likeness (QED) is 0.532. The second kappa shape index (κ2) is 6.84. The van der Waals surface area contributed by atoms with Crippen molar-refractivity contribution >= 4 is 5.97 Å². The molecule has 0 bridgehead atoms.